The molecule has 0 aromatic heterocycles. The van der Waals surface area contributed by atoms with E-state index in [9.17, 15) is 13.2 Å². The number of benzene rings is 1. The molecule has 0 saturated carbocycles. The second kappa shape index (κ2) is 9.78. The zero-order valence-electron chi connectivity index (χ0n) is 13.0. The summed E-state index contributed by atoms with van der Waals surface area (Å²) in [4.78, 5) is 11.8. The van der Waals surface area contributed by atoms with Gasteiger partial charge < -0.3 is 10.6 Å². The summed E-state index contributed by atoms with van der Waals surface area (Å²) in [6.45, 7) is 4.31. The first kappa shape index (κ1) is 20.9. The summed E-state index contributed by atoms with van der Waals surface area (Å²) in [5.41, 5.74) is 0.591. The van der Waals surface area contributed by atoms with Crippen LogP contribution < -0.4 is 15.4 Å². The first-order chi connectivity index (χ1) is 9.85. The van der Waals surface area contributed by atoms with Crippen molar-refractivity contribution in [1.29, 1.82) is 0 Å². The lowest BCUT2D eigenvalue weighted by Gasteiger charge is -2.10. The van der Waals surface area contributed by atoms with Crippen LogP contribution in [0.5, 0.6) is 0 Å². The fourth-order valence-electron chi connectivity index (χ4n) is 1.74. The molecule has 22 heavy (non-hydrogen) atoms. The monoisotopic (exact) mass is 349 g/mol. The van der Waals surface area contributed by atoms with Crippen LogP contribution in [0.4, 0.5) is 5.69 Å². The van der Waals surface area contributed by atoms with Crippen LogP contribution in [0, 0.1) is 0 Å². The number of sulfonamides is 1. The van der Waals surface area contributed by atoms with E-state index < -0.39 is 10.0 Å². The Bertz CT molecular complexity index is 559. The van der Waals surface area contributed by atoms with E-state index in [4.69, 9.17) is 0 Å². The highest BCUT2D eigenvalue weighted by Crippen LogP contribution is 2.14. The highest BCUT2D eigenvalue weighted by Gasteiger charge is 2.15. The van der Waals surface area contributed by atoms with E-state index in [0.717, 1.165) is 13.0 Å². The summed E-state index contributed by atoms with van der Waals surface area (Å²) < 4.78 is 26.4. The maximum absolute atomic E-state index is 11.9. The molecular formula is C14H24ClN3O3S. The van der Waals surface area contributed by atoms with Gasteiger partial charge in [-0.25, -0.2) is 13.1 Å². The fourth-order valence-corrected chi connectivity index (χ4v) is 3.00. The first-order valence-corrected chi connectivity index (χ1v) is 8.40. The average molecular weight is 350 g/mol. The Labute approximate surface area is 138 Å². The number of carbonyl (C=O) groups excluding carboxylic acids is 1. The molecule has 0 unspecified atom stereocenters. The lowest BCUT2D eigenvalue weighted by atomic mass is 10.2. The van der Waals surface area contributed by atoms with Crippen molar-refractivity contribution in [2.24, 2.45) is 0 Å². The second-order valence-electron chi connectivity index (χ2n) is 5.06. The quantitative estimate of drug-likeness (QED) is 0.624. The minimum atomic E-state index is -3.49. The molecule has 3 N–H and O–H groups in total. The number of hydrogen-bond donors (Lipinski definition) is 3. The largest absolute Gasteiger partial charge is 0.326 e. The number of anilines is 1. The molecule has 0 saturated heterocycles. The van der Waals surface area contributed by atoms with Crippen LogP contribution in [0.3, 0.4) is 0 Å². The molecule has 6 nitrogen and oxygen atoms in total. The number of hydrogen-bond acceptors (Lipinski definition) is 4. The summed E-state index contributed by atoms with van der Waals surface area (Å²) in [5.74, 6) is -0.0823. The van der Waals surface area contributed by atoms with Gasteiger partial charge >= 0.3 is 0 Å². The van der Waals surface area contributed by atoms with Gasteiger partial charge in [-0.2, -0.15) is 0 Å². The van der Waals surface area contributed by atoms with E-state index in [-0.39, 0.29) is 29.3 Å². The number of rotatable bonds is 8. The molecule has 0 radical (unpaired) electrons. The molecular weight excluding hydrogens is 326 g/mol. The maximum Gasteiger partial charge on any atom is 0.240 e. The maximum atomic E-state index is 11.9. The van der Waals surface area contributed by atoms with Crippen molar-refractivity contribution in [3.8, 4) is 0 Å². The topological polar surface area (TPSA) is 87.3 Å². The summed E-state index contributed by atoms with van der Waals surface area (Å²) in [7, 11) is -1.66. The van der Waals surface area contributed by atoms with Crippen molar-refractivity contribution in [3.05, 3.63) is 24.3 Å². The minimum Gasteiger partial charge on any atom is -0.326 e. The molecule has 0 heterocycles. The van der Waals surface area contributed by atoms with Gasteiger partial charge in [-0.15, -0.1) is 12.4 Å². The SMILES string of the molecule is CNCCCC(=O)Nc1ccc(S(=O)(=O)NC(C)C)cc1.Cl. The van der Waals surface area contributed by atoms with Crippen molar-refractivity contribution in [2.75, 3.05) is 18.9 Å². The lowest BCUT2D eigenvalue weighted by Crippen LogP contribution is -2.30. The number of nitrogens with one attached hydrogen (secondary N) is 3. The molecule has 8 heteroatoms. The number of halogens is 1. The standard InChI is InChI=1S/C14H23N3O3S.ClH/c1-11(2)17-21(19,20)13-8-6-12(7-9-13)16-14(18)5-4-10-15-3;/h6-9,11,15,17H,4-5,10H2,1-3H3,(H,16,18);1H. The molecule has 126 valence electrons. The smallest absolute Gasteiger partial charge is 0.240 e. The predicted molar refractivity (Wildman–Crippen MR) is 90.9 cm³/mol. The zero-order chi connectivity index (χ0) is 15.9. The molecule has 0 atom stereocenters. The van der Waals surface area contributed by atoms with E-state index >= 15 is 0 Å². The Morgan fingerprint density at radius 2 is 1.77 bits per heavy atom. The van der Waals surface area contributed by atoms with E-state index in [0.29, 0.717) is 12.1 Å². The van der Waals surface area contributed by atoms with Gasteiger partial charge in [0.2, 0.25) is 15.9 Å². The summed E-state index contributed by atoms with van der Waals surface area (Å²) in [6, 6.07) is 5.97. The predicted octanol–water partition coefficient (Wildman–Crippen LogP) is 1.73. The molecule has 1 aromatic rings. The van der Waals surface area contributed by atoms with Crippen LogP contribution in [-0.2, 0) is 14.8 Å². The zero-order valence-corrected chi connectivity index (χ0v) is 14.7. The third-order valence-corrected chi connectivity index (χ3v) is 4.34. The van der Waals surface area contributed by atoms with Crippen LogP contribution in [0.15, 0.2) is 29.2 Å². The van der Waals surface area contributed by atoms with Gasteiger partial charge in [-0.05, 0) is 58.1 Å². The van der Waals surface area contributed by atoms with Crippen molar-refractivity contribution in [1.82, 2.24) is 10.0 Å². The van der Waals surface area contributed by atoms with Crippen LogP contribution in [0.1, 0.15) is 26.7 Å². The molecule has 0 aliphatic carbocycles. The Morgan fingerprint density at radius 1 is 1.18 bits per heavy atom. The van der Waals surface area contributed by atoms with Crippen LogP contribution in [-0.4, -0.2) is 34.0 Å². The van der Waals surface area contributed by atoms with Gasteiger partial charge in [-0.1, -0.05) is 0 Å². The molecule has 1 aromatic carbocycles. The third-order valence-electron chi connectivity index (χ3n) is 2.67. The molecule has 0 spiro atoms. The Morgan fingerprint density at radius 3 is 2.27 bits per heavy atom. The minimum absolute atomic E-state index is 0. The summed E-state index contributed by atoms with van der Waals surface area (Å²) in [6.07, 6.45) is 1.18. The number of carbonyl (C=O) groups is 1. The average Bonchev–Trinajstić information content (AvgIpc) is 2.38. The van der Waals surface area contributed by atoms with Crippen LogP contribution in [0.2, 0.25) is 0 Å². The lowest BCUT2D eigenvalue weighted by molar-refractivity contribution is -0.116. The molecule has 0 fully saturated rings. The highest BCUT2D eigenvalue weighted by atomic mass is 35.5. The molecule has 0 aliphatic rings. The van der Waals surface area contributed by atoms with Gasteiger partial charge in [0.15, 0.2) is 0 Å². The molecule has 0 bridgehead atoms. The Hall–Kier alpha value is -1.15. The number of amides is 1. The van der Waals surface area contributed by atoms with Gasteiger partial charge in [0.25, 0.3) is 0 Å². The van der Waals surface area contributed by atoms with Crippen molar-refractivity contribution in [3.63, 3.8) is 0 Å². The van der Waals surface area contributed by atoms with Crippen LogP contribution >= 0.6 is 12.4 Å². The van der Waals surface area contributed by atoms with E-state index in [1.165, 1.54) is 12.1 Å². The Kier molecular flexibility index (Phi) is 9.27. The highest BCUT2D eigenvalue weighted by molar-refractivity contribution is 7.89. The molecule has 1 amide bonds. The van der Waals surface area contributed by atoms with Gasteiger partial charge in [0.1, 0.15) is 0 Å². The van der Waals surface area contributed by atoms with Gasteiger partial charge in [0, 0.05) is 18.2 Å². The van der Waals surface area contributed by atoms with Crippen LogP contribution in [0.25, 0.3) is 0 Å². The summed E-state index contributed by atoms with van der Waals surface area (Å²) in [5, 5.41) is 5.71. The summed E-state index contributed by atoms with van der Waals surface area (Å²) >= 11 is 0. The second-order valence-corrected chi connectivity index (χ2v) is 6.77. The van der Waals surface area contributed by atoms with Gasteiger partial charge in [-0.3, -0.25) is 4.79 Å². The van der Waals surface area contributed by atoms with Crippen molar-refractivity contribution in [2.45, 2.75) is 37.6 Å². The van der Waals surface area contributed by atoms with E-state index in [1.807, 2.05) is 7.05 Å². The van der Waals surface area contributed by atoms with E-state index in [1.54, 1.807) is 26.0 Å². The third kappa shape index (κ3) is 7.22. The van der Waals surface area contributed by atoms with E-state index in [2.05, 4.69) is 15.4 Å². The normalized spacial score (nSPS) is 11.1. The van der Waals surface area contributed by atoms with Crippen molar-refractivity contribution < 1.29 is 13.2 Å². The first-order valence-electron chi connectivity index (χ1n) is 6.92. The van der Waals surface area contributed by atoms with Gasteiger partial charge in [0.05, 0.1) is 4.90 Å². The molecule has 0 aliphatic heterocycles. The molecule has 1 rings (SSSR count). The Balaban J connectivity index is 0.00000441. The fraction of sp³-hybridized carbons (Fsp3) is 0.500. The van der Waals surface area contributed by atoms with Crippen molar-refractivity contribution >= 4 is 34.0 Å².